The highest BCUT2D eigenvalue weighted by atomic mass is 16.8. The number of carbonyl (C=O) groups excluding carboxylic acids is 1. The normalized spacial score (nSPS) is 36.4. The minimum absolute atomic E-state index is 0.123. The Balaban J connectivity index is 1.32. The molecule has 3 aliphatic rings. The lowest BCUT2D eigenvalue weighted by Gasteiger charge is -2.47. The first-order chi connectivity index (χ1) is 25.2. The Labute approximate surface area is 302 Å². The number of rotatable bonds is 12. The largest absolute Gasteiger partial charge is 0.504 e. The number of aliphatic hydroxyl groups is 7. The molecule has 0 aromatic heterocycles. The Morgan fingerprint density at radius 1 is 0.755 bits per heavy atom. The maximum absolute atomic E-state index is 13.0. The molecule has 3 saturated heterocycles. The molecule has 3 aliphatic heterocycles. The maximum Gasteiger partial charge on any atom is 0.331 e. The van der Waals surface area contributed by atoms with Gasteiger partial charge in [0.1, 0.15) is 54.9 Å². The second kappa shape index (κ2) is 17.6. The Hall–Kier alpha value is -3.67. The molecular weight excluding hydrogens is 712 g/mol. The van der Waals surface area contributed by atoms with Crippen LogP contribution in [0.1, 0.15) is 18.1 Å². The van der Waals surface area contributed by atoms with Gasteiger partial charge in [0, 0.05) is 6.08 Å². The van der Waals surface area contributed by atoms with Crippen molar-refractivity contribution in [3.63, 3.8) is 0 Å². The topological polar surface area (TPSA) is 304 Å². The monoisotopic (exact) mass is 756 g/mol. The van der Waals surface area contributed by atoms with Gasteiger partial charge in [0.05, 0.1) is 25.9 Å². The molecule has 14 atom stereocenters. The number of aliphatic hydroxyl groups excluding tert-OH is 7. The van der Waals surface area contributed by atoms with Gasteiger partial charge >= 0.3 is 5.97 Å². The Morgan fingerprint density at radius 3 is 2.09 bits per heavy atom. The summed E-state index contributed by atoms with van der Waals surface area (Å²) in [5, 5.41) is 113. The summed E-state index contributed by atoms with van der Waals surface area (Å²) in [5.41, 5.74) is 0.849. The van der Waals surface area contributed by atoms with Gasteiger partial charge in [-0.1, -0.05) is 12.1 Å². The first kappa shape index (κ1) is 40.5. The quantitative estimate of drug-likeness (QED) is 0.0603. The lowest BCUT2D eigenvalue weighted by molar-refractivity contribution is -0.372. The summed E-state index contributed by atoms with van der Waals surface area (Å²) in [6.45, 7) is 0.112. The second-order valence-corrected chi connectivity index (χ2v) is 12.8. The molecule has 0 bridgehead atoms. The van der Waals surface area contributed by atoms with Crippen LogP contribution in [-0.4, -0.2) is 168 Å². The average molecular weight is 757 g/mol. The zero-order chi connectivity index (χ0) is 38.6. The van der Waals surface area contributed by atoms with Crippen molar-refractivity contribution in [3.05, 3.63) is 53.6 Å². The predicted octanol–water partition coefficient (Wildman–Crippen LogP) is -2.55. The lowest BCUT2D eigenvalue weighted by atomic mass is 9.96. The molecule has 5 rings (SSSR count). The molecule has 0 radical (unpaired) electrons. The highest BCUT2D eigenvalue weighted by Crippen LogP contribution is 2.34. The third kappa shape index (κ3) is 9.53. The van der Waals surface area contributed by atoms with Crippen LogP contribution in [0.2, 0.25) is 0 Å². The standard InChI is InChI=1S/C34H44O19/c1-14-29(52-32-26(44)24(42)21(40)13-48-32)25(43)27(45)34(49-14)53-31-28(46)33(47-9-8-16-3-6-18(37)20(39)11-16)50-22(12-35)30(31)51-23(41)7-4-15-2-5-17(36)19(38)10-15/h2-7,10-11,14,21-22,24-40,42-46H,8-9,12-13H2,1H3. The average Bonchev–Trinajstić information content (AvgIpc) is 3.13. The van der Waals surface area contributed by atoms with Gasteiger partial charge in [-0.05, 0) is 54.8 Å². The van der Waals surface area contributed by atoms with E-state index in [4.69, 9.17) is 33.2 Å². The molecular formula is C34H44O19. The molecule has 294 valence electrons. The summed E-state index contributed by atoms with van der Waals surface area (Å²) in [6, 6.07) is 7.88. The predicted molar refractivity (Wildman–Crippen MR) is 174 cm³/mol. The SMILES string of the molecule is CC1OC(OC2C(O)C(OCCc3ccc(O)c(O)c3)OC(CO)C2OC(=O)C=Cc2ccc(O)c(O)c2)C(O)C(O)C1OC1OCC(O)C(O)C1O. The van der Waals surface area contributed by atoms with Crippen LogP contribution in [0.5, 0.6) is 23.0 Å². The van der Waals surface area contributed by atoms with Gasteiger partial charge < -0.3 is 89.3 Å². The van der Waals surface area contributed by atoms with Crippen LogP contribution in [-0.2, 0) is 44.4 Å². The van der Waals surface area contributed by atoms with Crippen LogP contribution in [0.15, 0.2) is 42.5 Å². The molecule has 0 saturated carbocycles. The third-order valence-corrected chi connectivity index (χ3v) is 8.98. The summed E-state index contributed by atoms with van der Waals surface area (Å²) < 4.78 is 39.7. The summed E-state index contributed by atoms with van der Waals surface area (Å²) in [4.78, 5) is 13.0. The summed E-state index contributed by atoms with van der Waals surface area (Å²) in [5.74, 6) is -2.54. The zero-order valence-corrected chi connectivity index (χ0v) is 28.2. The number of phenols is 4. The summed E-state index contributed by atoms with van der Waals surface area (Å²) in [6.07, 6.45) is -19.7. The van der Waals surface area contributed by atoms with E-state index in [9.17, 15) is 61.0 Å². The number of hydrogen-bond donors (Lipinski definition) is 11. The fourth-order valence-corrected chi connectivity index (χ4v) is 5.99. The molecule has 53 heavy (non-hydrogen) atoms. The molecule has 14 unspecified atom stereocenters. The van der Waals surface area contributed by atoms with E-state index in [-0.39, 0.29) is 30.3 Å². The molecule has 11 N–H and O–H groups in total. The minimum Gasteiger partial charge on any atom is -0.504 e. The summed E-state index contributed by atoms with van der Waals surface area (Å²) in [7, 11) is 0. The van der Waals surface area contributed by atoms with E-state index >= 15 is 0 Å². The molecule has 3 heterocycles. The van der Waals surface area contributed by atoms with Crippen molar-refractivity contribution in [2.75, 3.05) is 19.8 Å². The van der Waals surface area contributed by atoms with Crippen LogP contribution >= 0.6 is 0 Å². The molecule has 19 heteroatoms. The number of aromatic hydroxyl groups is 4. The fraction of sp³-hybridized carbons (Fsp3) is 0.559. The van der Waals surface area contributed by atoms with Crippen molar-refractivity contribution in [2.45, 2.75) is 99.4 Å². The van der Waals surface area contributed by atoms with Crippen molar-refractivity contribution < 1.29 is 94.1 Å². The Morgan fingerprint density at radius 2 is 1.42 bits per heavy atom. The fourth-order valence-electron chi connectivity index (χ4n) is 5.99. The lowest BCUT2D eigenvalue weighted by Crippen LogP contribution is -2.66. The van der Waals surface area contributed by atoms with Crippen molar-refractivity contribution in [3.8, 4) is 23.0 Å². The van der Waals surface area contributed by atoms with E-state index in [1.54, 1.807) is 0 Å². The van der Waals surface area contributed by atoms with Gasteiger partial charge in [-0.2, -0.15) is 0 Å². The number of hydrogen-bond acceptors (Lipinski definition) is 19. The molecule has 2 aromatic rings. The molecule has 0 amide bonds. The zero-order valence-electron chi connectivity index (χ0n) is 28.2. The number of esters is 1. The van der Waals surface area contributed by atoms with E-state index in [0.29, 0.717) is 11.1 Å². The van der Waals surface area contributed by atoms with E-state index in [1.165, 1.54) is 49.4 Å². The highest BCUT2D eigenvalue weighted by Gasteiger charge is 2.53. The first-order valence-corrected chi connectivity index (χ1v) is 16.6. The Kier molecular flexibility index (Phi) is 13.5. The number of phenolic OH excluding ortho intramolecular Hbond substituents is 4. The van der Waals surface area contributed by atoms with Crippen molar-refractivity contribution >= 4 is 12.0 Å². The van der Waals surface area contributed by atoms with E-state index in [0.717, 1.165) is 6.08 Å². The molecule has 0 spiro atoms. The van der Waals surface area contributed by atoms with Crippen LogP contribution in [0, 0.1) is 0 Å². The Bertz CT molecular complexity index is 1560. The first-order valence-electron chi connectivity index (χ1n) is 16.6. The van der Waals surface area contributed by atoms with Crippen molar-refractivity contribution in [2.24, 2.45) is 0 Å². The van der Waals surface area contributed by atoms with E-state index in [2.05, 4.69) is 0 Å². The van der Waals surface area contributed by atoms with Crippen LogP contribution in [0.3, 0.4) is 0 Å². The second-order valence-electron chi connectivity index (χ2n) is 12.8. The van der Waals surface area contributed by atoms with Crippen molar-refractivity contribution in [1.29, 1.82) is 0 Å². The smallest absolute Gasteiger partial charge is 0.331 e. The molecule has 0 aliphatic carbocycles. The van der Waals surface area contributed by atoms with E-state index in [1.807, 2.05) is 0 Å². The number of ether oxygens (including phenoxy) is 7. The van der Waals surface area contributed by atoms with Gasteiger partial charge in [-0.15, -0.1) is 0 Å². The minimum atomic E-state index is -1.91. The third-order valence-electron chi connectivity index (χ3n) is 8.98. The highest BCUT2D eigenvalue weighted by molar-refractivity contribution is 5.87. The van der Waals surface area contributed by atoms with Crippen LogP contribution in [0.25, 0.3) is 6.08 Å². The van der Waals surface area contributed by atoms with E-state index < -0.39 is 111 Å². The summed E-state index contributed by atoms with van der Waals surface area (Å²) >= 11 is 0. The van der Waals surface area contributed by atoms with Gasteiger partial charge in [0.25, 0.3) is 0 Å². The molecule has 19 nitrogen and oxygen atoms in total. The van der Waals surface area contributed by atoms with Gasteiger partial charge in [-0.25, -0.2) is 4.79 Å². The van der Waals surface area contributed by atoms with Crippen LogP contribution < -0.4 is 0 Å². The molecule has 3 fully saturated rings. The molecule has 2 aromatic carbocycles. The van der Waals surface area contributed by atoms with Gasteiger partial charge in [-0.3, -0.25) is 0 Å². The van der Waals surface area contributed by atoms with Crippen molar-refractivity contribution in [1.82, 2.24) is 0 Å². The van der Waals surface area contributed by atoms with Gasteiger partial charge in [0.15, 0.2) is 48.0 Å². The van der Waals surface area contributed by atoms with Crippen LogP contribution in [0.4, 0.5) is 0 Å². The van der Waals surface area contributed by atoms with Gasteiger partial charge in [0.2, 0.25) is 0 Å². The maximum atomic E-state index is 13.0. The number of benzene rings is 2. The number of carbonyl (C=O) groups is 1.